The Kier molecular flexibility index (Phi) is 4.54. The van der Waals surface area contributed by atoms with E-state index in [1.54, 1.807) is 18.0 Å². The van der Waals surface area contributed by atoms with E-state index in [2.05, 4.69) is 49.4 Å². The third-order valence-corrected chi connectivity index (χ3v) is 6.93. The topological polar surface area (TPSA) is 61.5 Å². The minimum absolute atomic E-state index is 0.135. The van der Waals surface area contributed by atoms with Crippen molar-refractivity contribution in [3.63, 3.8) is 0 Å². The summed E-state index contributed by atoms with van der Waals surface area (Å²) in [5.41, 5.74) is 5.93. The van der Waals surface area contributed by atoms with Gasteiger partial charge in [0.2, 0.25) is 5.88 Å². The van der Waals surface area contributed by atoms with Crippen LogP contribution in [-0.2, 0) is 0 Å². The molecule has 1 aliphatic heterocycles. The lowest BCUT2D eigenvalue weighted by Crippen LogP contribution is -2.15. The lowest BCUT2D eigenvalue weighted by atomic mass is 9.83. The summed E-state index contributed by atoms with van der Waals surface area (Å²) in [6, 6.07) is 28.9. The second kappa shape index (κ2) is 7.92. The maximum atomic E-state index is 6.52. The Morgan fingerprint density at radius 3 is 2.53 bits per heavy atom. The van der Waals surface area contributed by atoms with Gasteiger partial charge in [-0.25, -0.2) is 14.5 Å². The summed E-state index contributed by atoms with van der Waals surface area (Å²) in [7, 11) is 1.68. The summed E-state index contributed by atoms with van der Waals surface area (Å²) >= 11 is 0. The number of ether oxygens (including phenoxy) is 2. The van der Waals surface area contributed by atoms with Crippen LogP contribution in [0, 0.1) is 6.92 Å². The Morgan fingerprint density at radius 1 is 0.889 bits per heavy atom. The fraction of sp³-hybridized carbons (Fsp3) is 0.100. The fourth-order valence-corrected chi connectivity index (χ4v) is 5.13. The first-order chi connectivity index (χ1) is 17.7. The summed E-state index contributed by atoms with van der Waals surface area (Å²) in [6.45, 7) is 2.07. The number of benzene rings is 4. The number of nitrogens with zero attached hydrogens (tertiary/aromatic N) is 4. The normalized spacial score (nSPS) is 14.3. The molecule has 0 fully saturated rings. The Morgan fingerprint density at radius 2 is 1.69 bits per heavy atom. The van der Waals surface area contributed by atoms with Crippen LogP contribution in [0.4, 0.5) is 0 Å². The van der Waals surface area contributed by atoms with Crippen molar-refractivity contribution in [3.8, 4) is 28.8 Å². The molecule has 4 aromatic carbocycles. The Hall–Kier alpha value is -4.71. The van der Waals surface area contributed by atoms with E-state index in [-0.39, 0.29) is 5.92 Å². The molecule has 174 valence electrons. The number of methoxy groups -OCH3 is 1. The van der Waals surface area contributed by atoms with Crippen LogP contribution in [-0.4, -0.2) is 26.7 Å². The zero-order valence-electron chi connectivity index (χ0n) is 19.8. The molecule has 6 aromatic rings. The smallest absolute Gasteiger partial charge is 0.228 e. The number of rotatable bonds is 3. The van der Waals surface area contributed by atoms with E-state index in [4.69, 9.17) is 24.5 Å². The number of hydrogen-bond acceptors (Lipinski definition) is 5. The van der Waals surface area contributed by atoms with Crippen LogP contribution in [0.3, 0.4) is 0 Å². The molecule has 0 spiro atoms. The van der Waals surface area contributed by atoms with Gasteiger partial charge >= 0.3 is 0 Å². The van der Waals surface area contributed by atoms with E-state index in [1.807, 2.05) is 42.5 Å². The van der Waals surface area contributed by atoms with Crippen molar-refractivity contribution in [1.82, 2.24) is 19.6 Å². The molecule has 1 atom stereocenters. The van der Waals surface area contributed by atoms with Gasteiger partial charge < -0.3 is 9.47 Å². The first-order valence-corrected chi connectivity index (χ1v) is 11.9. The molecule has 6 nitrogen and oxygen atoms in total. The molecule has 0 unspecified atom stereocenters. The van der Waals surface area contributed by atoms with Crippen molar-refractivity contribution >= 4 is 16.4 Å². The lowest BCUT2D eigenvalue weighted by molar-refractivity contribution is 0.414. The van der Waals surface area contributed by atoms with Crippen molar-refractivity contribution < 1.29 is 9.47 Å². The zero-order chi connectivity index (χ0) is 24.2. The minimum Gasteiger partial charge on any atom is -0.497 e. The van der Waals surface area contributed by atoms with Crippen LogP contribution < -0.4 is 9.47 Å². The molecule has 0 radical (unpaired) electrons. The van der Waals surface area contributed by atoms with Crippen LogP contribution in [0.5, 0.6) is 17.4 Å². The average Bonchev–Trinajstić information content (AvgIpc) is 3.36. The quantitative estimate of drug-likeness (QED) is 0.293. The van der Waals surface area contributed by atoms with Crippen LogP contribution >= 0.6 is 0 Å². The van der Waals surface area contributed by atoms with E-state index >= 15 is 0 Å². The van der Waals surface area contributed by atoms with Gasteiger partial charge in [0, 0.05) is 22.4 Å². The van der Waals surface area contributed by atoms with Crippen molar-refractivity contribution in [1.29, 1.82) is 0 Å². The second-order valence-corrected chi connectivity index (χ2v) is 9.00. The van der Waals surface area contributed by atoms with E-state index in [1.165, 1.54) is 0 Å². The highest BCUT2D eigenvalue weighted by molar-refractivity contribution is 5.91. The highest BCUT2D eigenvalue weighted by Crippen LogP contribution is 2.50. The van der Waals surface area contributed by atoms with E-state index in [9.17, 15) is 0 Å². The average molecular weight is 471 g/mol. The van der Waals surface area contributed by atoms with Gasteiger partial charge in [-0.3, -0.25) is 0 Å². The van der Waals surface area contributed by atoms with Gasteiger partial charge in [0.15, 0.2) is 11.5 Å². The van der Waals surface area contributed by atoms with Gasteiger partial charge in [-0.1, -0.05) is 72.8 Å². The molecule has 6 heteroatoms. The van der Waals surface area contributed by atoms with Gasteiger partial charge in [0.05, 0.1) is 12.7 Å². The molecule has 0 saturated carbocycles. The number of aryl methyl sites for hydroxylation is 1. The summed E-state index contributed by atoms with van der Waals surface area (Å²) in [6.07, 6.45) is 1.68. The third kappa shape index (κ3) is 3.08. The molecule has 0 N–H and O–H groups in total. The van der Waals surface area contributed by atoms with Crippen LogP contribution in [0.15, 0.2) is 91.3 Å². The van der Waals surface area contributed by atoms with Crippen molar-refractivity contribution in [2.75, 3.05) is 7.11 Å². The Labute approximate surface area is 207 Å². The minimum atomic E-state index is -0.135. The predicted molar refractivity (Wildman–Crippen MR) is 139 cm³/mol. The molecule has 0 saturated heterocycles. The highest BCUT2D eigenvalue weighted by Gasteiger charge is 2.34. The van der Waals surface area contributed by atoms with E-state index in [0.29, 0.717) is 11.7 Å². The summed E-state index contributed by atoms with van der Waals surface area (Å²) in [5, 5.41) is 6.96. The Balaban J connectivity index is 1.51. The zero-order valence-corrected chi connectivity index (χ0v) is 19.8. The molecular weight excluding hydrogens is 448 g/mol. The molecule has 1 aliphatic rings. The lowest BCUT2D eigenvalue weighted by Gasteiger charge is -2.28. The van der Waals surface area contributed by atoms with Gasteiger partial charge in [0.25, 0.3) is 0 Å². The number of aromatic nitrogens is 4. The molecule has 36 heavy (non-hydrogen) atoms. The first kappa shape index (κ1) is 20.6. The molecule has 0 amide bonds. The van der Waals surface area contributed by atoms with E-state index in [0.717, 1.165) is 55.7 Å². The van der Waals surface area contributed by atoms with Gasteiger partial charge in [-0.05, 0) is 35.6 Å². The van der Waals surface area contributed by atoms with Crippen LogP contribution in [0.2, 0.25) is 0 Å². The van der Waals surface area contributed by atoms with Crippen LogP contribution in [0.1, 0.15) is 28.2 Å². The number of hydrogen-bond donors (Lipinski definition) is 0. The molecule has 0 aliphatic carbocycles. The number of fused-ring (bicyclic) bond motifs is 6. The Bertz CT molecular complexity index is 1770. The molecular formula is C30H22N4O2. The monoisotopic (exact) mass is 470 g/mol. The maximum absolute atomic E-state index is 6.52. The van der Waals surface area contributed by atoms with Gasteiger partial charge in [-0.2, -0.15) is 0 Å². The van der Waals surface area contributed by atoms with E-state index < -0.39 is 0 Å². The molecule has 0 bridgehead atoms. The molecule has 2 aromatic heterocycles. The largest absolute Gasteiger partial charge is 0.497 e. The summed E-state index contributed by atoms with van der Waals surface area (Å²) < 4.78 is 13.7. The van der Waals surface area contributed by atoms with Crippen molar-refractivity contribution in [2.45, 2.75) is 12.8 Å². The predicted octanol–water partition coefficient (Wildman–Crippen LogP) is 6.55. The van der Waals surface area contributed by atoms with Crippen LogP contribution in [0.25, 0.3) is 27.8 Å². The van der Waals surface area contributed by atoms with Gasteiger partial charge in [0.1, 0.15) is 17.8 Å². The fourth-order valence-electron chi connectivity index (χ4n) is 5.13. The van der Waals surface area contributed by atoms with Crippen molar-refractivity contribution in [3.05, 3.63) is 114 Å². The van der Waals surface area contributed by atoms with Crippen molar-refractivity contribution in [2.24, 2.45) is 0 Å². The summed E-state index contributed by atoms with van der Waals surface area (Å²) in [4.78, 5) is 9.71. The standard InChI is InChI=1S/C30H22N4O2/c1-18-7-3-5-9-22(18)28-32-29-26-25(20-11-14-21(35-2)15-12-20)24-16-13-19-8-4-6-10-23(19)27(24)36-30(26)31-17-34(29)33-28/h3-17,25H,1-2H3/t25-/m0/s1. The SMILES string of the molecule is COc1ccc([C@H]2c3ccc4ccccc4c3Oc3ncn4nc(-c5ccccc5C)nc4c32)cc1. The van der Waals surface area contributed by atoms with Gasteiger partial charge in [-0.15, -0.1) is 5.10 Å². The first-order valence-electron chi connectivity index (χ1n) is 11.9. The second-order valence-electron chi connectivity index (χ2n) is 9.00. The highest BCUT2D eigenvalue weighted by atomic mass is 16.5. The maximum Gasteiger partial charge on any atom is 0.228 e. The summed E-state index contributed by atoms with van der Waals surface area (Å²) in [5.74, 6) is 2.73. The molecule has 7 rings (SSSR count). The third-order valence-electron chi connectivity index (χ3n) is 6.93. The molecule has 3 heterocycles.